The van der Waals surface area contributed by atoms with Crippen molar-refractivity contribution < 1.29 is 4.79 Å². The fourth-order valence-electron chi connectivity index (χ4n) is 3.15. The first-order chi connectivity index (χ1) is 8.57. The van der Waals surface area contributed by atoms with Gasteiger partial charge in [0.05, 0.1) is 6.54 Å². The zero-order valence-electron chi connectivity index (χ0n) is 11.6. The van der Waals surface area contributed by atoms with Gasteiger partial charge in [0, 0.05) is 24.7 Å². The van der Waals surface area contributed by atoms with Crippen LogP contribution in [0, 0.1) is 0 Å². The second-order valence-corrected chi connectivity index (χ2v) is 6.28. The lowest BCUT2D eigenvalue weighted by Gasteiger charge is -2.36. The molecule has 0 aromatic carbocycles. The topological polar surface area (TPSA) is 58.4 Å². The van der Waals surface area contributed by atoms with Gasteiger partial charge in [-0.25, -0.2) is 0 Å². The Labute approximate surface area is 110 Å². The minimum atomic E-state index is 0.0432. The molecule has 104 valence electrons. The Bertz CT molecular complexity index is 279. The van der Waals surface area contributed by atoms with Crippen molar-refractivity contribution in [3.63, 3.8) is 0 Å². The third-order valence-corrected chi connectivity index (χ3v) is 4.40. The van der Waals surface area contributed by atoms with Crippen LogP contribution >= 0.6 is 0 Å². The average Bonchev–Trinajstić information content (AvgIpc) is 2.32. The molecule has 1 aliphatic heterocycles. The zero-order chi connectivity index (χ0) is 13.0. The summed E-state index contributed by atoms with van der Waals surface area (Å²) in [6.07, 6.45) is 8.10. The molecule has 2 fully saturated rings. The summed E-state index contributed by atoms with van der Waals surface area (Å²) in [6, 6.07) is 0.333. The molecule has 3 N–H and O–H groups in total. The second-order valence-electron chi connectivity index (χ2n) is 6.28. The number of rotatable bonds is 3. The first-order valence-electron chi connectivity index (χ1n) is 7.36. The van der Waals surface area contributed by atoms with E-state index in [4.69, 9.17) is 5.73 Å². The normalized spacial score (nSPS) is 25.9. The van der Waals surface area contributed by atoms with Gasteiger partial charge in [0.1, 0.15) is 0 Å². The summed E-state index contributed by atoms with van der Waals surface area (Å²) in [4.78, 5) is 14.3. The number of nitrogens with one attached hydrogen (secondary N) is 1. The van der Waals surface area contributed by atoms with Crippen LogP contribution in [-0.2, 0) is 4.79 Å². The fourth-order valence-corrected chi connectivity index (χ4v) is 3.15. The van der Waals surface area contributed by atoms with Crippen molar-refractivity contribution in [2.45, 2.75) is 63.5 Å². The van der Waals surface area contributed by atoms with E-state index < -0.39 is 0 Å². The van der Waals surface area contributed by atoms with E-state index in [0.29, 0.717) is 12.6 Å². The first-order valence-corrected chi connectivity index (χ1v) is 7.36. The van der Waals surface area contributed by atoms with Crippen molar-refractivity contribution in [3.05, 3.63) is 0 Å². The Morgan fingerprint density at radius 3 is 2.50 bits per heavy atom. The lowest BCUT2D eigenvalue weighted by atomic mass is 9.83. The highest BCUT2D eigenvalue weighted by Crippen LogP contribution is 2.27. The smallest absolute Gasteiger partial charge is 0.234 e. The molecule has 0 atom stereocenters. The number of carbonyl (C=O) groups is 1. The van der Waals surface area contributed by atoms with E-state index in [9.17, 15) is 4.79 Å². The van der Waals surface area contributed by atoms with E-state index in [0.717, 1.165) is 38.8 Å². The molecule has 1 aliphatic carbocycles. The highest BCUT2D eigenvalue weighted by Gasteiger charge is 2.29. The van der Waals surface area contributed by atoms with Crippen LogP contribution in [-0.4, -0.2) is 42.0 Å². The molecule has 4 heteroatoms. The first kappa shape index (κ1) is 13.8. The van der Waals surface area contributed by atoms with Crippen molar-refractivity contribution in [3.8, 4) is 0 Å². The lowest BCUT2D eigenvalue weighted by molar-refractivity contribution is -0.124. The summed E-state index contributed by atoms with van der Waals surface area (Å²) in [5, 5.41) is 3.24. The third kappa shape index (κ3) is 3.95. The van der Waals surface area contributed by atoms with E-state index in [1.807, 2.05) is 0 Å². The molecular formula is C14H27N3O. The Morgan fingerprint density at radius 2 is 1.89 bits per heavy atom. The van der Waals surface area contributed by atoms with Gasteiger partial charge >= 0.3 is 0 Å². The van der Waals surface area contributed by atoms with Crippen molar-refractivity contribution in [1.82, 2.24) is 10.2 Å². The molecule has 0 spiro atoms. The molecule has 18 heavy (non-hydrogen) atoms. The van der Waals surface area contributed by atoms with Gasteiger partial charge in [0.25, 0.3) is 0 Å². The van der Waals surface area contributed by atoms with E-state index in [2.05, 4.69) is 17.1 Å². The summed E-state index contributed by atoms with van der Waals surface area (Å²) in [7, 11) is 0. The van der Waals surface area contributed by atoms with Crippen molar-refractivity contribution in [1.29, 1.82) is 0 Å². The number of piperidine rings is 1. The Morgan fingerprint density at radius 1 is 1.28 bits per heavy atom. The van der Waals surface area contributed by atoms with Gasteiger partial charge in [-0.15, -0.1) is 0 Å². The van der Waals surface area contributed by atoms with Crippen LogP contribution in [0.4, 0.5) is 0 Å². The zero-order valence-corrected chi connectivity index (χ0v) is 11.6. The number of likely N-dealkylation sites (tertiary alicyclic amines) is 1. The molecule has 2 rings (SSSR count). The maximum absolute atomic E-state index is 12.1. The third-order valence-electron chi connectivity index (χ3n) is 4.40. The highest BCUT2D eigenvalue weighted by molar-refractivity contribution is 5.78. The van der Waals surface area contributed by atoms with Crippen LogP contribution in [0.15, 0.2) is 0 Å². The van der Waals surface area contributed by atoms with Gasteiger partial charge in [-0.3, -0.25) is 9.69 Å². The number of nitrogens with zero attached hydrogens (tertiary/aromatic N) is 1. The predicted octanol–water partition coefficient (Wildman–Crippen LogP) is 1.25. The minimum Gasteiger partial charge on any atom is -0.350 e. The van der Waals surface area contributed by atoms with Crippen LogP contribution in [0.25, 0.3) is 0 Å². The van der Waals surface area contributed by atoms with Gasteiger partial charge in [-0.1, -0.05) is 19.3 Å². The molecule has 0 radical (unpaired) electrons. The number of hydrogen-bond donors (Lipinski definition) is 2. The van der Waals surface area contributed by atoms with Gasteiger partial charge in [0.2, 0.25) is 5.91 Å². The van der Waals surface area contributed by atoms with E-state index in [-0.39, 0.29) is 11.4 Å². The summed E-state index contributed by atoms with van der Waals surface area (Å²) >= 11 is 0. The molecule has 1 saturated carbocycles. The maximum Gasteiger partial charge on any atom is 0.234 e. The average molecular weight is 253 g/mol. The lowest BCUT2D eigenvalue weighted by Crippen LogP contribution is -2.51. The Hall–Kier alpha value is -0.610. The largest absolute Gasteiger partial charge is 0.350 e. The molecular weight excluding hydrogens is 226 g/mol. The molecule has 4 nitrogen and oxygen atoms in total. The molecule has 0 bridgehead atoms. The van der Waals surface area contributed by atoms with Crippen molar-refractivity contribution in [2.75, 3.05) is 19.6 Å². The number of hydrogen-bond acceptors (Lipinski definition) is 3. The quantitative estimate of drug-likeness (QED) is 0.796. The number of amides is 1. The molecule has 0 aromatic heterocycles. The van der Waals surface area contributed by atoms with Crippen LogP contribution in [0.5, 0.6) is 0 Å². The van der Waals surface area contributed by atoms with E-state index in [1.54, 1.807) is 0 Å². The maximum atomic E-state index is 12.1. The van der Waals surface area contributed by atoms with Crippen molar-refractivity contribution in [2.24, 2.45) is 5.73 Å². The molecule has 2 aliphatic rings. The van der Waals surface area contributed by atoms with Gasteiger partial charge in [0.15, 0.2) is 0 Å². The van der Waals surface area contributed by atoms with Gasteiger partial charge < -0.3 is 11.1 Å². The predicted molar refractivity (Wildman–Crippen MR) is 73.3 cm³/mol. The van der Waals surface area contributed by atoms with Gasteiger partial charge in [-0.2, -0.15) is 0 Å². The Balaban J connectivity index is 1.74. The molecule has 1 saturated heterocycles. The SMILES string of the molecule is CC1(NC(=O)CN2CCC(N)CC2)CCCCC1. The van der Waals surface area contributed by atoms with Crippen LogP contribution in [0.3, 0.4) is 0 Å². The highest BCUT2D eigenvalue weighted by atomic mass is 16.2. The van der Waals surface area contributed by atoms with E-state index >= 15 is 0 Å². The van der Waals surface area contributed by atoms with Gasteiger partial charge in [-0.05, 0) is 32.6 Å². The standard InChI is InChI=1S/C14H27N3O/c1-14(7-3-2-4-8-14)16-13(18)11-17-9-5-12(15)6-10-17/h12H,2-11,15H2,1H3,(H,16,18). The fraction of sp³-hybridized carbons (Fsp3) is 0.929. The second kappa shape index (κ2) is 6.02. The summed E-state index contributed by atoms with van der Waals surface area (Å²) < 4.78 is 0. The number of nitrogens with two attached hydrogens (primary N) is 1. The molecule has 0 aromatic rings. The van der Waals surface area contributed by atoms with Crippen LogP contribution < -0.4 is 11.1 Å². The van der Waals surface area contributed by atoms with Crippen molar-refractivity contribution >= 4 is 5.91 Å². The molecule has 0 unspecified atom stereocenters. The molecule has 1 amide bonds. The minimum absolute atomic E-state index is 0.0432. The summed E-state index contributed by atoms with van der Waals surface area (Å²) in [5.74, 6) is 0.190. The van der Waals surface area contributed by atoms with Crippen LogP contribution in [0.1, 0.15) is 51.9 Å². The van der Waals surface area contributed by atoms with E-state index in [1.165, 1.54) is 19.3 Å². The number of carbonyl (C=O) groups excluding carboxylic acids is 1. The van der Waals surface area contributed by atoms with Crippen LogP contribution in [0.2, 0.25) is 0 Å². The summed E-state index contributed by atoms with van der Waals surface area (Å²) in [6.45, 7) is 4.66. The monoisotopic (exact) mass is 253 g/mol. The summed E-state index contributed by atoms with van der Waals surface area (Å²) in [5.41, 5.74) is 5.91. The molecule has 1 heterocycles. The Kier molecular flexibility index (Phi) is 4.62.